The molecule has 0 unspecified atom stereocenters. The van der Waals surface area contributed by atoms with Gasteiger partial charge in [0.05, 0.1) is 6.04 Å². The zero-order chi connectivity index (χ0) is 10.5. The van der Waals surface area contributed by atoms with E-state index < -0.39 is 0 Å². The highest BCUT2D eigenvalue weighted by Crippen LogP contribution is 2.16. The Morgan fingerprint density at radius 3 is 2.40 bits per heavy atom. The number of hydrogen-bond acceptors (Lipinski definition) is 0. The summed E-state index contributed by atoms with van der Waals surface area (Å²) in [5.74, 6) is 0. The van der Waals surface area contributed by atoms with Crippen molar-refractivity contribution in [1.29, 1.82) is 0 Å². The number of rotatable bonds is 3. The third-order valence-corrected chi connectivity index (χ3v) is 3.54. The molecule has 0 aliphatic heterocycles. The number of hydrogen-bond donors (Lipinski definition) is 1. The van der Waals surface area contributed by atoms with Crippen LogP contribution in [0.15, 0.2) is 30.3 Å². The predicted octanol–water partition coefficient (Wildman–Crippen LogP) is 2.64. The van der Waals surface area contributed by atoms with Crippen LogP contribution < -0.4 is 5.32 Å². The molecule has 1 nitrogen and oxygen atoms in total. The van der Waals surface area contributed by atoms with Gasteiger partial charge >= 0.3 is 0 Å². The summed E-state index contributed by atoms with van der Waals surface area (Å²) in [5.41, 5.74) is 1.46. The monoisotopic (exact) mass is 204 g/mol. The molecular weight excluding hydrogens is 182 g/mol. The summed E-state index contributed by atoms with van der Waals surface area (Å²) < 4.78 is 0. The molecule has 0 bridgehead atoms. The lowest BCUT2D eigenvalue weighted by Crippen LogP contribution is -2.90. The van der Waals surface area contributed by atoms with Gasteiger partial charge in [-0.3, -0.25) is 0 Å². The molecule has 1 saturated carbocycles. The Balaban J connectivity index is 1.88. The predicted molar refractivity (Wildman–Crippen MR) is 63.7 cm³/mol. The van der Waals surface area contributed by atoms with Crippen molar-refractivity contribution in [2.45, 2.75) is 51.1 Å². The molecule has 0 aromatic heterocycles. The average Bonchev–Trinajstić information content (AvgIpc) is 2.31. The van der Waals surface area contributed by atoms with Crippen molar-refractivity contribution in [3.63, 3.8) is 0 Å². The maximum Gasteiger partial charge on any atom is 0.109 e. The second kappa shape index (κ2) is 5.32. The molecule has 0 radical (unpaired) electrons. The molecule has 1 aliphatic carbocycles. The lowest BCUT2D eigenvalue weighted by molar-refractivity contribution is -0.727. The standard InChI is InChI=1S/C14H21N/c1-12(13-8-4-2-5-9-13)15-14-10-6-3-7-11-14/h2,4-5,8-9,12,14-15H,3,6-7,10-11H2,1H3/p+1/t12-/m0/s1. The fourth-order valence-electron chi connectivity index (χ4n) is 2.60. The Bertz CT molecular complexity index is 275. The lowest BCUT2D eigenvalue weighted by atomic mass is 9.94. The normalized spacial score (nSPS) is 20.1. The summed E-state index contributed by atoms with van der Waals surface area (Å²) in [5, 5.41) is 2.56. The van der Waals surface area contributed by atoms with E-state index in [0.29, 0.717) is 6.04 Å². The minimum Gasteiger partial charge on any atom is -0.338 e. The summed E-state index contributed by atoms with van der Waals surface area (Å²) in [7, 11) is 0. The molecule has 1 aromatic carbocycles. The van der Waals surface area contributed by atoms with Gasteiger partial charge in [-0.1, -0.05) is 36.8 Å². The first-order valence-corrected chi connectivity index (χ1v) is 6.26. The zero-order valence-corrected chi connectivity index (χ0v) is 9.65. The van der Waals surface area contributed by atoms with Crippen LogP contribution in [0.4, 0.5) is 0 Å². The molecule has 82 valence electrons. The molecule has 0 saturated heterocycles. The van der Waals surface area contributed by atoms with Crippen molar-refractivity contribution in [1.82, 2.24) is 0 Å². The Labute approximate surface area is 92.9 Å². The van der Waals surface area contributed by atoms with E-state index in [1.54, 1.807) is 0 Å². The van der Waals surface area contributed by atoms with Crippen molar-refractivity contribution in [3.8, 4) is 0 Å². The van der Waals surface area contributed by atoms with E-state index >= 15 is 0 Å². The zero-order valence-electron chi connectivity index (χ0n) is 9.65. The highest BCUT2D eigenvalue weighted by Gasteiger charge is 2.19. The summed E-state index contributed by atoms with van der Waals surface area (Å²) in [6.07, 6.45) is 7.14. The second-order valence-corrected chi connectivity index (χ2v) is 4.79. The van der Waals surface area contributed by atoms with Gasteiger partial charge in [0.15, 0.2) is 0 Å². The molecule has 1 fully saturated rings. The molecule has 1 heteroatoms. The summed E-state index contributed by atoms with van der Waals surface area (Å²) in [6, 6.07) is 12.3. The SMILES string of the molecule is C[C@H]([NH2+]C1CCCCC1)c1ccccc1. The van der Waals surface area contributed by atoms with Gasteiger partial charge in [-0.15, -0.1) is 0 Å². The van der Waals surface area contributed by atoms with E-state index in [9.17, 15) is 0 Å². The highest BCUT2D eigenvalue weighted by molar-refractivity contribution is 5.16. The van der Waals surface area contributed by atoms with Crippen LogP contribution in [0.25, 0.3) is 0 Å². The molecule has 1 aliphatic rings. The van der Waals surface area contributed by atoms with Gasteiger partial charge in [0, 0.05) is 5.56 Å². The van der Waals surface area contributed by atoms with Crippen molar-refractivity contribution in [2.24, 2.45) is 0 Å². The first-order valence-electron chi connectivity index (χ1n) is 6.26. The third kappa shape index (κ3) is 3.07. The highest BCUT2D eigenvalue weighted by atomic mass is 14.9. The van der Waals surface area contributed by atoms with Crippen LogP contribution in [0, 0.1) is 0 Å². The van der Waals surface area contributed by atoms with E-state index in [1.807, 2.05) is 0 Å². The van der Waals surface area contributed by atoms with E-state index in [2.05, 4.69) is 42.6 Å². The van der Waals surface area contributed by atoms with Gasteiger partial charge in [0.2, 0.25) is 0 Å². The van der Waals surface area contributed by atoms with E-state index in [0.717, 1.165) is 6.04 Å². The average molecular weight is 204 g/mol. The van der Waals surface area contributed by atoms with Crippen molar-refractivity contribution in [3.05, 3.63) is 35.9 Å². The van der Waals surface area contributed by atoms with Gasteiger partial charge in [0.25, 0.3) is 0 Å². The van der Waals surface area contributed by atoms with E-state index in [4.69, 9.17) is 0 Å². The van der Waals surface area contributed by atoms with Crippen LogP contribution in [-0.4, -0.2) is 6.04 Å². The van der Waals surface area contributed by atoms with Gasteiger partial charge < -0.3 is 5.32 Å². The second-order valence-electron chi connectivity index (χ2n) is 4.79. The summed E-state index contributed by atoms with van der Waals surface area (Å²) in [4.78, 5) is 0. The van der Waals surface area contributed by atoms with Crippen LogP contribution >= 0.6 is 0 Å². The number of nitrogens with two attached hydrogens (primary N) is 1. The van der Waals surface area contributed by atoms with Crippen molar-refractivity contribution >= 4 is 0 Å². The lowest BCUT2D eigenvalue weighted by Gasteiger charge is -2.23. The summed E-state index contributed by atoms with van der Waals surface area (Å²) in [6.45, 7) is 2.32. The first kappa shape index (κ1) is 10.7. The van der Waals surface area contributed by atoms with E-state index in [-0.39, 0.29) is 0 Å². The molecule has 2 N–H and O–H groups in total. The molecule has 0 heterocycles. The van der Waals surface area contributed by atoms with Gasteiger partial charge in [-0.2, -0.15) is 0 Å². The third-order valence-electron chi connectivity index (χ3n) is 3.54. The van der Waals surface area contributed by atoms with Crippen molar-refractivity contribution in [2.75, 3.05) is 0 Å². The Hall–Kier alpha value is -0.820. The quantitative estimate of drug-likeness (QED) is 0.779. The number of quaternary nitrogens is 1. The fraction of sp³-hybridized carbons (Fsp3) is 0.571. The van der Waals surface area contributed by atoms with Crippen LogP contribution in [0.2, 0.25) is 0 Å². The van der Waals surface area contributed by atoms with Crippen LogP contribution in [0.1, 0.15) is 50.6 Å². The minimum absolute atomic E-state index is 0.620. The molecular formula is C14H22N+. The summed E-state index contributed by atoms with van der Waals surface area (Å²) >= 11 is 0. The largest absolute Gasteiger partial charge is 0.338 e. The Kier molecular flexibility index (Phi) is 3.79. The molecule has 2 rings (SSSR count). The molecule has 1 atom stereocenters. The number of benzene rings is 1. The molecule has 15 heavy (non-hydrogen) atoms. The molecule has 0 amide bonds. The maximum atomic E-state index is 2.56. The van der Waals surface area contributed by atoms with Gasteiger partial charge in [0.1, 0.15) is 6.04 Å². The Morgan fingerprint density at radius 1 is 1.07 bits per heavy atom. The van der Waals surface area contributed by atoms with Gasteiger partial charge in [-0.25, -0.2) is 0 Å². The van der Waals surface area contributed by atoms with Crippen LogP contribution in [0.3, 0.4) is 0 Å². The molecule has 1 aromatic rings. The van der Waals surface area contributed by atoms with E-state index in [1.165, 1.54) is 37.7 Å². The van der Waals surface area contributed by atoms with Crippen LogP contribution in [-0.2, 0) is 0 Å². The molecule has 0 spiro atoms. The van der Waals surface area contributed by atoms with Crippen molar-refractivity contribution < 1.29 is 5.32 Å². The topological polar surface area (TPSA) is 16.6 Å². The van der Waals surface area contributed by atoms with Gasteiger partial charge in [-0.05, 0) is 32.6 Å². The first-order chi connectivity index (χ1) is 7.36. The fourth-order valence-corrected chi connectivity index (χ4v) is 2.60. The minimum atomic E-state index is 0.620. The van der Waals surface area contributed by atoms with Crippen LogP contribution in [0.5, 0.6) is 0 Å². The maximum absolute atomic E-state index is 2.56. The Morgan fingerprint density at radius 2 is 1.73 bits per heavy atom. The smallest absolute Gasteiger partial charge is 0.109 e.